The molecule has 0 atom stereocenters. The summed E-state index contributed by atoms with van der Waals surface area (Å²) in [7, 11) is 0. The van der Waals surface area contributed by atoms with Crippen molar-refractivity contribution in [1.82, 2.24) is 0 Å². The summed E-state index contributed by atoms with van der Waals surface area (Å²) < 4.78 is 5.54. The Morgan fingerprint density at radius 3 is 2.50 bits per heavy atom. The smallest absolute Gasteiger partial charge is 0.255 e. The lowest BCUT2D eigenvalue weighted by Crippen LogP contribution is -2.16. The molecule has 0 saturated heterocycles. The second kappa shape index (κ2) is 8.49. The van der Waals surface area contributed by atoms with Crippen molar-refractivity contribution in [3.63, 3.8) is 0 Å². The molecule has 0 bridgehead atoms. The van der Waals surface area contributed by atoms with E-state index in [9.17, 15) is 9.59 Å². The number of nitriles is 1. The third-order valence-corrected chi connectivity index (χ3v) is 3.37. The number of benzene rings is 1. The maximum Gasteiger partial charge on any atom is 0.255 e. The molecular formula is C19H18N2O3. The lowest BCUT2D eigenvalue weighted by Gasteiger charge is -2.07. The number of ether oxygens (including phenoxy) is 1. The first-order chi connectivity index (χ1) is 11.6. The predicted octanol–water partition coefficient (Wildman–Crippen LogP) is 3.35. The van der Waals surface area contributed by atoms with E-state index in [1.165, 1.54) is 24.3 Å². The van der Waals surface area contributed by atoms with Gasteiger partial charge in [-0.3, -0.25) is 9.59 Å². The minimum atomic E-state index is -0.392. The molecular weight excluding hydrogens is 304 g/mol. The number of anilines is 1. The summed E-state index contributed by atoms with van der Waals surface area (Å²) in [6.07, 6.45) is 2.03. The van der Waals surface area contributed by atoms with E-state index >= 15 is 0 Å². The molecule has 0 spiro atoms. The maximum absolute atomic E-state index is 12.2. The number of rotatable bonds is 6. The molecule has 122 valence electrons. The molecule has 2 aromatic rings. The topological polar surface area (TPSA) is 79.2 Å². The Balaban J connectivity index is 2.09. The fraction of sp³-hybridized carbons (Fsp3) is 0.211. The van der Waals surface area contributed by atoms with Crippen LogP contribution in [0.2, 0.25) is 0 Å². The van der Waals surface area contributed by atoms with Crippen LogP contribution in [0.1, 0.15) is 35.7 Å². The van der Waals surface area contributed by atoms with Gasteiger partial charge in [-0.1, -0.05) is 13.3 Å². The van der Waals surface area contributed by atoms with Crippen molar-refractivity contribution < 1.29 is 9.53 Å². The number of nitrogens with zero attached hydrogens (tertiary/aromatic N) is 1. The Morgan fingerprint density at radius 1 is 1.12 bits per heavy atom. The van der Waals surface area contributed by atoms with Crippen LogP contribution in [-0.4, -0.2) is 12.5 Å². The van der Waals surface area contributed by atoms with Crippen LogP contribution in [0.25, 0.3) is 0 Å². The van der Waals surface area contributed by atoms with Gasteiger partial charge < -0.3 is 10.1 Å². The van der Waals surface area contributed by atoms with Crippen molar-refractivity contribution in [2.75, 3.05) is 11.9 Å². The molecule has 0 fully saturated rings. The molecule has 24 heavy (non-hydrogen) atoms. The average Bonchev–Trinajstić information content (AvgIpc) is 2.78. The quantitative estimate of drug-likeness (QED) is 0.827. The molecule has 0 radical (unpaired) electrons. The first-order valence-electron chi connectivity index (χ1n) is 7.72. The van der Waals surface area contributed by atoms with Gasteiger partial charge in [-0.15, -0.1) is 0 Å². The summed E-state index contributed by atoms with van der Waals surface area (Å²) in [5, 5.41) is 11.4. The minimum Gasteiger partial charge on any atom is -0.494 e. The fourth-order valence-corrected chi connectivity index (χ4v) is 1.98. The van der Waals surface area contributed by atoms with Gasteiger partial charge in [-0.05, 0) is 55.0 Å². The molecule has 1 N–H and O–H groups in total. The van der Waals surface area contributed by atoms with Crippen molar-refractivity contribution in [1.29, 1.82) is 5.26 Å². The molecule has 0 saturated carbocycles. The number of unbranched alkanes of at least 4 members (excludes halogenated alkanes) is 1. The van der Waals surface area contributed by atoms with Gasteiger partial charge in [0.2, 0.25) is 5.43 Å². The highest BCUT2D eigenvalue weighted by Gasteiger charge is 2.08. The van der Waals surface area contributed by atoms with Crippen LogP contribution in [0.5, 0.6) is 5.75 Å². The first-order valence-corrected chi connectivity index (χ1v) is 7.72. The molecule has 0 aliphatic carbocycles. The van der Waals surface area contributed by atoms with Gasteiger partial charge >= 0.3 is 0 Å². The highest BCUT2D eigenvalue weighted by atomic mass is 16.5. The number of amides is 1. The summed E-state index contributed by atoms with van der Waals surface area (Å²) in [4.78, 5) is 24.1. The number of hydrogen-bond donors (Lipinski definition) is 1. The van der Waals surface area contributed by atoms with Crippen LogP contribution in [0.15, 0.2) is 53.3 Å². The Morgan fingerprint density at radius 2 is 1.83 bits per heavy atom. The van der Waals surface area contributed by atoms with Crippen molar-refractivity contribution in [3.05, 3.63) is 69.9 Å². The predicted molar refractivity (Wildman–Crippen MR) is 92.2 cm³/mol. The van der Waals surface area contributed by atoms with Crippen LogP contribution >= 0.6 is 0 Å². The van der Waals surface area contributed by atoms with E-state index in [1.807, 2.05) is 6.07 Å². The van der Waals surface area contributed by atoms with Gasteiger partial charge in [0.1, 0.15) is 5.75 Å². The van der Waals surface area contributed by atoms with Gasteiger partial charge in [0.05, 0.1) is 23.9 Å². The molecule has 2 aromatic carbocycles. The highest BCUT2D eigenvalue weighted by molar-refractivity contribution is 6.04. The highest BCUT2D eigenvalue weighted by Crippen LogP contribution is 2.14. The molecule has 1 amide bonds. The van der Waals surface area contributed by atoms with Crippen LogP contribution in [0.3, 0.4) is 0 Å². The summed E-state index contributed by atoms with van der Waals surface area (Å²) in [6, 6.07) is 14.3. The molecule has 0 aliphatic rings. The fourth-order valence-electron chi connectivity index (χ4n) is 1.98. The van der Waals surface area contributed by atoms with Gasteiger partial charge in [0, 0.05) is 5.56 Å². The van der Waals surface area contributed by atoms with Crippen LogP contribution < -0.4 is 15.5 Å². The van der Waals surface area contributed by atoms with Gasteiger partial charge in [0.25, 0.3) is 5.91 Å². The normalized spacial score (nSPS) is 9.83. The summed E-state index contributed by atoms with van der Waals surface area (Å²) in [5.74, 6) is 0.311. The van der Waals surface area contributed by atoms with Crippen LogP contribution in [0, 0.1) is 11.3 Å². The largest absolute Gasteiger partial charge is 0.494 e. The average molecular weight is 322 g/mol. The number of nitrogens with one attached hydrogen (secondary N) is 1. The lowest BCUT2D eigenvalue weighted by molar-refractivity contribution is 0.102. The Bertz CT molecular complexity index is 808. The molecule has 0 aliphatic heterocycles. The third-order valence-electron chi connectivity index (χ3n) is 3.37. The summed E-state index contributed by atoms with van der Waals surface area (Å²) in [6.45, 7) is 2.73. The van der Waals surface area contributed by atoms with Gasteiger partial charge in [0.15, 0.2) is 0 Å². The van der Waals surface area contributed by atoms with E-state index in [0.717, 1.165) is 12.8 Å². The van der Waals surface area contributed by atoms with Gasteiger partial charge in [-0.2, -0.15) is 5.26 Å². The standard InChI is InChI=1S/C19H18N2O3/c1-2-3-12-24-16-8-6-15(7-9-16)19(23)21-17-10-4-14(13-20)5-11-18(17)22/h4-11H,2-3,12H2,1H3,(H,21,22,23). The maximum atomic E-state index is 12.2. The van der Waals surface area contributed by atoms with Crippen molar-refractivity contribution >= 4 is 11.6 Å². The van der Waals surface area contributed by atoms with Crippen LogP contribution in [-0.2, 0) is 0 Å². The first kappa shape index (κ1) is 17.2. The number of carbonyl (C=O) groups excluding carboxylic acids is 1. The number of hydrogen-bond acceptors (Lipinski definition) is 4. The van der Waals surface area contributed by atoms with E-state index in [-0.39, 0.29) is 11.1 Å². The molecule has 5 nitrogen and oxygen atoms in total. The molecule has 0 heterocycles. The van der Waals surface area contributed by atoms with Crippen molar-refractivity contribution in [2.45, 2.75) is 19.8 Å². The molecule has 5 heteroatoms. The Labute approximate surface area is 140 Å². The SMILES string of the molecule is CCCCOc1ccc(C(=O)Nc2ccc(C#N)ccc2=O)cc1. The van der Waals surface area contributed by atoms with Crippen molar-refractivity contribution in [2.24, 2.45) is 0 Å². The summed E-state index contributed by atoms with van der Waals surface area (Å²) >= 11 is 0. The Hall–Kier alpha value is -3.13. The third kappa shape index (κ3) is 4.68. The second-order valence-corrected chi connectivity index (χ2v) is 5.19. The minimum absolute atomic E-state index is 0.129. The van der Waals surface area contributed by atoms with E-state index < -0.39 is 5.91 Å². The Kier molecular flexibility index (Phi) is 6.09. The van der Waals surface area contributed by atoms with Gasteiger partial charge in [-0.25, -0.2) is 0 Å². The van der Waals surface area contributed by atoms with Crippen LogP contribution in [0.4, 0.5) is 5.69 Å². The summed E-state index contributed by atoms with van der Waals surface area (Å²) in [5.41, 5.74) is 0.541. The molecule has 0 aromatic heterocycles. The van der Waals surface area contributed by atoms with E-state index in [2.05, 4.69) is 12.2 Å². The zero-order valence-corrected chi connectivity index (χ0v) is 13.4. The van der Waals surface area contributed by atoms with E-state index in [4.69, 9.17) is 10.00 Å². The lowest BCUT2D eigenvalue weighted by atomic mass is 10.2. The van der Waals surface area contributed by atoms with E-state index in [1.54, 1.807) is 24.3 Å². The van der Waals surface area contributed by atoms with Crippen molar-refractivity contribution in [3.8, 4) is 11.8 Å². The molecule has 0 unspecified atom stereocenters. The zero-order valence-electron chi connectivity index (χ0n) is 13.4. The monoisotopic (exact) mass is 322 g/mol. The number of carbonyl (C=O) groups is 1. The zero-order chi connectivity index (χ0) is 17.4. The second-order valence-electron chi connectivity index (χ2n) is 5.19. The molecule has 2 rings (SSSR count). The van der Waals surface area contributed by atoms with E-state index in [0.29, 0.717) is 23.5 Å².